The van der Waals surface area contributed by atoms with Crippen LogP contribution < -0.4 is 10.1 Å². The van der Waals surface area contributed by atoms with Gasteiger partial charge in [-0.2, -0.15) is 0 Å². The van der Waals surface area contributed by atoms with Crippen LogP contribution in [0.5, 0.6) is 5.75 Å². The van der Waals surface area contributed by atoms with Crippen LogP contribution in [0.2, 0.25) is 0 Å². The minimum Gasteiger partial charge on any atom is -0.496 e. The molecule has 1 atom stereocenters. The van der Waals surface area contributed by atoms with Crippen LogP contribution in [-0.2, 0) is 11.3 Å². The number of nitrogens with zero attached hydrogens (tertiary/aromatic N) is 1. The second-order valence-corrected chi connectivity index (χ2v) is 7.58. The number of hydrogen-bond donors (Lipinski definition) is 1. The number of rotatable bonds is 7. The highest BCUT2D eigenvalue weighted by Gasteiger charge is 2.49. The van der Waals surface area contributed by atoms with Crippen LogP contribution >= 0.6 is 39.1 Å². The van der Waals surface area contributed by atoms with Crippen LogP contribution in [0.15, 0.2) is 53.0 Å². The Morgan fingerprint density at radius 2 is 1.96 bits per heavy atom. The molecule has 27 heavy (non-hydrogen) atoms. The smallest absolute Gasteiger partial charge is 0.408 e. The second-order valence-electron chi connectivity index (χ2n) is 5.38. The lowest BCUT2D eigenvalue weighted by Crippen LogP contribution is -2.44. The molecule has 2 rings (SSSR count). The van der Waals surface area contributed by atoms with Gasteiger partial charge in [0.05, 0.1) is 16.5 Å². The van der Waals surface area contributed by atoms with E-state index in [1.165, 1.54) is 19.2 Å². The summed E-state index contributed by atoms with van der Waals surface area (Å²) in [6.45, 7) is -0.0122. The number of ether oxygens (including phenoxy) is 2. The van der Waals surface area contributed by atoms with E-state index >= 15 is 0 Å². The molecule has 0 aromatic heterocycles. The van der Waals surface area contributed by atoms with Crippen molar-refractivity contribution in [1.29, 1.82) is 0 Å². The Bertz CT molecular complexity index is 820. The minimum absolute atomic E-state index is 0.0122. The van der Waals surface area contributed by atoms with Crippen molar-refractivity contribution in [1.82, 2.24) is 5.32 Å². The molecule has 10 heteroatoms. The van der Waals surface area contributed by atoms with Gasteiger partial charge in [-0.3, -0.25) is 10.1 Å². The SMILES string of the molecule is COc1ccc(C(NC(=O)OCc2ccccc2)C(Cl)(Cl)[N+](=O)[O-])cc1Br. The lowest BCUT2D eigenvalue weighted by Gasteiger charge is -2.24. The van der Waals surface area contributed by atoms with E-state index in [0.29, 0.717) is 15.8 Å². The molecular formula is C17H15BrCl2N2O5. The van der Waals surface area contributed by atoms with Crippen LogP contribution in [0.3, 0.4) is 0 Å². The van der Waals surface area contributed by atoms with Crippen LogP contribution in [-0.4, -0.2) is 22.6 Å². The molecule has 2 aromatic rings. The first-order valence-electron chi connectivity index (χ1n) is 7.58. The lowest BCUT2D eigenvalue weighted by atomic mass is 10.1. The van der Waals surface area contributed by atoms with Gasteiger partial charge in [-0.15, -0.1) is 0 Å². The third-order valence-corrected chi connectivity index (χ3v) is 4.91. The van der Waals surface area contributed by atoms with Crippen molar-refractivity contribution in [3.05, 3.63) is 74.2 Å². The normalized spacial score (nSPS) is 12.1. The Hall–Kier alpha value is -2.03. The minimum atomic E-state index is -2.51. The van der Waals surface area contributed by atoms with Crippen LogP contribution in [0, 0.1) is 10.1 Å². The Morgan fingerprint density at radius 1 is 1.30 bits per heavy atom. The van der Waals surface area contributed by atoms with Gasteiger partial charge in [-0.1, -0.05) is 36.4 Å². The monoisotopic (exact) mass is 476 g/mol. The van der Waals surface area contributed by atoms with Crippen molar-refractivity contribution >= 4 is 45.2 Å². The summed E-state index contributed by atoms with van der Waals surface area (Å²) >= 11 is 15.1. The average molecular weight is 478 g/mol. The van der Waals surface area contributed by atoms with E-state index in [9.17, 15) is 14.9 Å². The van der Waals surface area contributed by atoms with Gasteiger partial charge < -0.3 is 14.8 Å². The van der Waals surface area contributed by atoms with Gasteiger partial charge >= 0.3 is 10.6 Å². The molecule has 1 unspecified atom stereocenters. The molecule has 0 aliphatic heterocycles. The van der Waals surface area contributed by atoms with Crippen LogP contribution in [0.25, 0.3) is 0 Å². The van der Waals surface area contributed by atoms with Gasteiger partial charge in [0.15, 0.2) is 6.04 Å². The fraction of sp³-hybridized carbons (Fsp3) is 0.235. The molecule has 0 heterocycles. The number of nitro groups is 1. The van der Waals surface area contributed by atoms with E-state index in [-0.39, 0.29) is 6.61 Å². The molecule has 2 aromatic carbocycles. The molecule has 1 N–H and O–H groups in total. The topological polar surface area (TPSA) is 90.7 Å². The molecule has 0 aliphatic carbocycles. The number of benzene rings is 2. The van der Waals surface area contributed by atoms with Crippen LogP contribution in [0.1, 0.15) is 17.2 Å². The molecule has 1 amide bonds. The zero-order valence-electron chi connectivity index (χ0n) is 14.0. The Balaban J connectivity index is 2.21. The largest absolute Gasteiger partial charge is 0.496 e. The van der Waals surface area contributed by atoms with E-state index in [1.807, 2.05) is 6.07 Å². The number of methoxy groups -OCH3 is 1. The fourth-order valence-electron chi connectivity index (χ4n) is 2.22. The van der Waals surface area contributed by atoms with E-state index in [4.69, 9.17) is 32.7 Å². The first kappa shape index (κ1) is 21.3. The Kier molecular flexibility index (Phi) is 7.29. The van der Waals surface area contributed by atoms with E-state index < -0.39 is 21.5 Å². The molecule has 0 saturated heterocycles. The number of nitrogens with one attached hydrogen (secondary N) is 1. The zero-order valence-corrected chi connectivity index (χ0v) is 17.1. The maximum Gasteiger partial charge on any atom is 0.408 e. The molecule has 0 fully saturated rings. The van der Waals surface area contributed by atoms with Crippen molar-refractivity contribution in [3.63, 3.8) is 0 Å². The van der Waals surface area contributed by atoms with E-state index in [2.05, 4.69) is 21.2 Å². The van der Waals surface area contributed by atoms with Crippen LogP contribution in [0.4, 0.5) is 4.79 Å². The van der Waals surface area contributed by atoms with Crippen molar-refractivity contribution in [3.8, 4) is 5.75 Å². The highest BCUT2D eigenvalue weighted by molar-refractivity contribution is 9.10. The highest BCUT2D eigenvalue weighted by atomic mass is 79.9. The molecule has 7 nitrogen and oxygen atoms in total. The summed E-state index contributed by atoms with van der Waals surface area (Å²) in [5.41, 5.74) is 1.05. The average Bonchev–Trinajstić information content (AvgIpc) is 2.65. The van der Waals surface area contributed by atoms with Crippen molar-refractivity contribution in [2.45, 2.75) is 17.1 Å². The first-order valence-corrected chi connectivity index (χ1v) is 9.13. The first-order chi connectivity index (χ1) is 12.8. The third-order valence-electron chi connectivity index (χ3n) is 3.57. The summed E-state index contributed by atoms with van der Waals surface area (Å²) in [5, 5.41) is 13.7. The van der Waals surface area contributed by atoms with E-state index in [0.717, 1.165) is 5.56 Å². The summed E-state index contributed by atoms with van der Waals surface area (Å²) in [7, 11) is 1.47. The summed E-state index contributed by atoms with van der Waals surface area (Å²) in [5.74, 6) is 0.500. The molecule has 0 aliphatic rings. The van der Waals surface area contributed by atoms with E-state index in [1.54, 1.807) is 30.3 Å². The van der Waals surface area contributed by atoms with Gasteiger partial charge in [0.25, 0.3) is 0 Å². The molecule has 0 radical (unpaired) electrons. The second kappa shape index (κ2) is 9.25. The van der Waals surface area contributed by atoms with Gasteiger partial charge in [-0.25, -0.2) is 4.79 Å². The molecule has 0 saturated carbocycles. The number of alkyl halides is 2. The number of halogens is 3. The predicted octanol–water partition coefficient (Wildman–Crippen LogP) is 4.83. The predicted molar refractivity (Wildman–Crippen MR) is 105 cm³/mol. The third kappa shape index (κ3) is 5.47. The highest BCUT2D eigenvalue weighted by Crippen LogP contribution is 2.39. The maximum atomic E-state index is 12.2. The Morgan fingerprint density at radius 3 is 2.52 bits per heavy atom. The van der Waals surface area contributed by atoms with Gasteiger partial charge in [0.2, 0.25) is 0 Å². The number of amides is 1. The summed E-state index contributed by atoms with van der Waals surface area (Å²) < 4.78 is 8.23. The quantitative estimate of drug-likeness (QED) is 0.267. The number of hydrogen-bond acceptors (Lipinski definition) is 5. The van der Waals surface area contributed by atoms with Gasteiger partial charge in [-0.05, 0) is 62.4 Å². The number of carbonyl (C=O) groups excluding carboxylic acids is 1. The number of alkyl carbamates (subject to hydrolysis) is 1. The summed E-state index contributed by atoms with van der Waals surface area (Å²) in [6, 6.07) is 12.2. The van der Waals surface area contributed by atoms with Crippen molar-refractivity contribution in [2.24, 2.45) is 0 Å². The molecule has 0 spiro atoms. The lowest BCUT2D eigenvalue weighted by molar-refractivity contribution is -0.521. The van der Waals surface area contributed by atoms with Crippen molar-refractivity contribution < 1.29 is 19.2 Å². The summed E-state index contributed by atoms with van der Waals surface area (Å²) in [4.78, 5) is 22.6. The number of carbonyl (C=O) groups is 1. The van der Waals surface area contributed by atoms with Gasteiger partial charge in [0, 0.05) is 0 Å². The molecular weight excluding hydrogens is 463 g/mol. The molecule has 144 valence electrons. The Labute approximate surface area is 173 Å². The van der Waals surface area contributed by atoms with Crippen molar-refractivity contribution in [2.75, 3.05) is 7.11 Å². The summed E-state index contributed by atoms with van der Waals surface area (Å²) in [6.07, 6.45) is -0.900. The zero-order chi connectivity index (χ0) is 20.0. The molecule has 0 bridgehead atoms. The maximum absolute atomic E-state index is 12.2. The standard InChI is InChI=1S/C17H15BrCl2N2O5/c1-26-14-8-7-12(9-13(14)18)15(17(19,20)22(24)25)21-16(23)27-10-11-5-3-2-4-6-11/h2-9,15H,10H2,1H3,(H,21,23). The van der Waals surface area contributed by atoms with Gasteiger partial charge in [0.1, 0.15) is 12.4 Å². The fourth-order valence-corrected chi connectivity index (χ4v) is 3.14.